The summed E-state index contributed by atoms with van der Waals surface area (Å²) in [5.74, 6) is 0. The van der Waals surface area contributed by atoms with E-state index in [0.717, 1.165) is 21.9 Å². The van der Waals surface area contributed by atoms with Gasteiger partial charge in [-0.15, -0.1) is 0 Å². The fourth-order valence-electron chi connectivity index (χ4n) is 2.15. The molecular formula is C15H19N3O. The van der Waals surface area contributed by atoms with Crippen LogP contribution in [-0.4, -0.2) is 26.2 Å². The van der Waals surface area contributed by atoms with Crippen LogP contribution >= 0.6 is 0 Å². The van der Waals surface area contributed by atoms with Crippen molar-refractivity contribution in [2.24, 2.45) is 0 Å². The summed E-state index contributed by atoms with van der Waals surface area (Å²) in [7, 11) is 0. The molecule has 0 spiro atoms. The molecule has 2 aromatic heterocycles. The Labute approximate surface area is 112 Å². The third kappa shape index (κ3) is 2.44. The summed E-state index contributed by atoms with van der Waals surface area (Å²) in [6.07, 6.45) is 3.53. The molecule has 3 rings (SSSR count). The summed E-state index contributed by atoms with van der Waals surface area (Å²) >= 11 is 0. The Kier molecular flexibility index (Phi) is 4.12. The number of pyridine rings is 1. The number of aliphatic hydroxyl groups is 1. The lowest BCUT2D eigenvalue weighted by Gasteiger charge is -2.05. The van der Waals surface area contributed by atoms with E-state index < -0.39 is 0 Å². The van der Waals surface area contributed by atoms with Crippen LogP contribution in [0.25, 0.3) is 21.9 Å². The van der Waals surface area contributed by atoms with E-state index >= 15 is 0 Å². The van der Waals surface area contributed by atoms with Crippen molar-refractivity contribution in [3.63, 3.8) is 0 Å². The zero-order valence-corrected chi connectivity index (χ0v) is 11.6. The summed E-state index contributed by atoms with van der Waals surface area (Å²) in [6, 6.07) is 6.18. The van der Waals surface area contributed by atoms with Gasteiger partial charge in [-0.1, -0.05) is 25.5 Å². The number of hydrogen-bond donors (Lipinski definition) is 1. The lowest BCUT2D eigenvalue weighted by Crippen LogP contribution is -2.00. The van der Waals surface area contributed by atoms with Crippen LogP contribution in [-0.2, 0) is 6.54 Å². The molecule has 0 atom stereocenters. The number of rotatable bonds is 2. The minimum atomic E-state index is 0.112. The molecule has 0 amide bonds. The second kappa shape index (κ2) is 5.80. The fourth-order valence-corrected chi connectivity index (χ4v) is 2.15. The molecule has 0 saturated carbocycles. The number of aryl methyl sites for hydroxylation is 1. The molecular weight excluding hydrogens is 238 g/mol. The van der Waals surface area contributed by atoms with Gasteiger partial charge in [0, 0.05) is 11.9 Å². The monoisotopic (exact) mass is 257 g/mol. The van der Waals surface area contributed by atoms with Crippen LogP contribution in [0.4, 0.5) is 0 Å². The second-order valence-corrected chi connectivity index (χ2v) is 4.17. The molecule has 0 unspecified atom stereocenters. The van der Waals surface area contributed by atoms with Crippen LogP contribution in [0.2, 0.25) is 0 Å². The Morgan fingerprint density at radius 2 is 1.95 bits per heavy atom. The second-order valence-electron chi connectivity index (χ2n) is 4.17. The van der Waals surface area contributed by atoms with Gasteiger partial charge in [-0.2, -0.15) is 0 Å². The molecule has 1 N–H and O–H groups in total. The molecule has 1 aromatic carbocycles. The van der Waals surface area contributed by atoms with Crippen molar-refractivity contribution < 1.29 is 5.11 Å². The van der Waals surface area contributed by atoms with Crippen LogP contribution in [0.15, 0.2) is 30.7 Å². The summed E-state index contributed by atoms with van der Waals surface area (Å²) in [5, 5.41) is 10.2. The summed E-state index contributed by atoms with van der Waals surface area (Å²) < 4.78 is 1.97. The molecule has 0 aliphatic carbocycles. The van der Waals surface area contributed by atoms with E-state index in [-0.39, 0.29) is 6.61 Å². The van der Waals surface area contributed by atoms with Crippen molar-refractivity contribution in [3.8, 4) is 0 Å². The number of aliphatic hydroxyl groups excluding tert-OH is 1. The summed E-state index contributed by atoms with van der Waals surface area (Å²) in [6.45, 7) is 6.73. The van der Waals surface area contributed by atoms with Crippen molar-refractivity contribution in [2.45, 2.75) is 27.3 Å². The van der Waals surface area contributed by atoms with Gasteiger partial charge >= 0.3 is 0 Å². The first kappa shape index (κ1) is 13.5. The predicted molar refractivity (Wildman–Crippen MR) is 78.2 cm³/mol. The van der Waals surface area contributed by atoms with Crippen molar-refractivity contribution in [3.05, 3.63) is 36.3 Å². The molecule has 0 bridgehead atoms. The standard InChI is InChI=1S/C13H13N3O.C2H6/c1-9-2-3-11-10(6-9)13-12(7-14-11)15-8-16(13)4-5-17;1-2/h2-3,6-8,17H,4-5H2,1H3;1-2H3. The molecule has 100 valence electrons. The lowest BCUT2D eigenvalue weighted by atomic mass is 10.1. The quantitative estimate of drug-likeness (QED) is 0.768. The van der Waals surface area contributed by atoms with Crippen LogP contribution < -0.4 is 0 Å². The lowest BCUT2D eigenvalue weighted by molar-refractivity contribution is 0.278. The van der Waals surface area contributed by atoms with E-state index in [4.69, 9.17) is 5.11 Å². The van der Waals surface area contributed by atoms with E-state index in [1.54, 1.807) is 12.5 Å². The highest BCUT2D eigenvalue weighted by atomic mass is 16.3. The zero-order chi connectivity index (χ0) is 13.8. The first-order valence-electron chi connectivity index (χ1n) is 6.60. The minimum Gasteiger partial charge on any atom is -0.395 e. The van der Waals surface area contributed by atoms with Crippen molar-refractivity contribution >= 4 is 21.9 Å². The first-order valence-corrected chi connectivity index (χ1v) is 6.60. The zero-order valence-electron chi connectivity index (χ0n) is 11.6. The molecule has 0 radical (unpaired) electrons. The molecule has 4 nitrogen and oxygen atoms in total. The topological polar surface area (TPSA) is 50.9 Å². The van der Waals surface area contributed by atoms with Gasteiger partial charge in [0.1, 0.15) is 5.52 Å². The maximum atomic E-state index is 9.06. The maximum absolute atomic E-state index is 9.06. The molecule has 0 aliphatic heterocycles. The van der Waals surface area contributed by atoms with Gasteiger partial charge < -0.3 is 9.67 Å². The molecule has 3 aromatic rings. The van der Waals surface area contributed by atoms with Gasteiger partial charge in [0.2, 0.25) is 0 Å². The number of aromatic nitrogens is 3. The highest BCUT2D eigenvalue weighted by molar-refractivity contribution is 6.02. The van der Waals surface area contributed by atoms with Crippen LogP contribution in [0, 0.1) is 6.92 Å². The van der Waals surface area contributed by atoms with Gasteiger partial charge in [-0.25, -0.2) is 4.98 Å². The average Bonchev–Trinajstić information content (AvgIpc) is 2.85. The Morgan fingerprint density at radius 3 is 2.68 bits per heavy atom. The van der Waals surface area contributed by atoms with Crippen LogP contribution in [0.5, 0.6) is 0 Å². The average molecular weight is 257 g/mol. The molecule has 0 saturated heterocycles. The largest absolute Gasteiger partial charge is 0.395 e. The fraction of sp³-hybridized carbons (Fsp3) is 0.333. The van der Waals surface area contributed by atoms with Gasteiger partial charge in [-0.05, 0) is 19.1 Å². The van der Waals surface area contributed by atoms with Crippen LogP contribution in [0.1, 0.15) is 19.4 Å². The molecule has 0 aliphatic rings. The predicted octanol–water partition coefficient (Wildman–Crippen LogP) is 2.91. The van der Waals surface area contributed by atoms with Crippen LogP contribution in [0.3, 0.4) is 0 Å². The summed E-state index contributed by atoms with van der Waals surface area (Å²) in [4.78, 5) is 8.69. The van der Waals surface area contributed by atoms with E-state index in [0.29, 0.717) is 6.54 Å². The molecule has 2 heterocycles. The number of imidazole rings is 1. The first-order chi connectivity index (χ1) is 9.29. The Balaban J connectivity index is 0.000000637. The SMILES string of the molecule is CC.Cc1ccc2ncc3ncn(CCO)c3c2c1. The maximum Gasteiger partial charge on any atom is 0.107 e. The third-order valence-corrected chi connectivity index (χ3v) is 2.94. The van der Waals surface area contributed by atoms with E-state index in [1.807, 2.05) is 30.5 Å². The third-order valence-electron chi connectivity index (χ3n) is 2.94. The van der Waals surface area contributed by atoms with Gasteiger partial charge in [0.25, 0.3) is 0 Å². The Morgan fingerprint density at radius 1 is 1.16 bits per heavy atom. The minimum absolute atomic E-state index is 0.112. The van der Waals surface area contributed by atoms with Crippen molar-refractivity contribution in [2.75, 3.05) is 6.61 Å². The number of hydrogen-bond acceptors (Lipinski definition) is 3. The number of benzene rings is 1. The Bertz CT molecular complexity index is 688. The number of fused-ring (bicyclic) bond motifs is 3. The molecule has 19 heavy (non-hydrogen) atoms. The molecule has 0 fully saturated rings. The van der Waals surface area contributed by atoms with E-state index in [9.17, 15) is 0 Å². The normalized spacial score (nSPS) is 10.5. The van der Waals surface area contributed by atoms with Gasteiger partial charge in [0.15, 0.2) is 0 Å². The highest BCUT2D eigenvalue weighted by Gasteiger charge is 2.07. The van der Waals surface area contributed by atoms with Gasteiger partial charge in [-0.3, -0.25) is 4.98 Å². The van der Waals surface area contributed by atoms with Crippen molar-refractivity contribution in [1.82, 2.24) is 14.5 Å². The summed E-state index contributed by atoms with van der Waals surface area (Å²) in [5.41, 5.74) is 4.08. The van der Waals surface area contributed by atoms with E-state index in [1.165, 1.54) is 5.56 Å². The van der Waals surface area contributed by atoms with E-state index in [2.05, 4.69) is 23.0 Å². The molecule has 4 heteroatoms. The highest BCUT2D eigenvalue weighted by Crippen LogP contribution is 2.23. The van der Waals surface area contributed by atoms with Gasteiger partial charge in [0.05, 0.1) is 30.2 Å². The Hall–Kier alpha value is -1.94. The smallest absolute Gasteiger partial charge is 0.107 e. The van der Waals surface area contributed by atoms with Crippen molar-refractivity contribution in [1.29, 1.82) is 0 Å². The number of nitrogens with zero attached hydrogens (tertiary/aromatic N) is 3.